The summed E-state index contributed by atoms with van der Waals surface area (Å²) in [6.07, 6.45) is 1.79. The summed E-state index contributed by atoms with van der Waals surface area (Å²) in [6, 6.07) is 24.9. The summed E-state index contributed by atoms with van der Waals surface area (Å²) in [6.45, 7) is 2.02. The number of hydrogen-bond donors (Lipinski definition) is 0. The molecule has 3 aromatic carbocycles. The lowest BCUT2D eigenvalue weighted by Crippen LogP contribution is -2.32. The molecule has 1 aliphatic heterocycles. The molecule has 3 nitrogen and oxygen atoms in total. The number of amidine groups is 1. The van der Waals surface area contributed by atoms with Crippen LogP contribution in [0.2, 0.25) is 5.02 Å². The topological polar surface area (TPSA) is 32.7 Å². The maximum Gasteiger partial charge on any atom is 0.282 e. The summed E-state index contributed by atoms with van der Waals surface area (Å²) in [5, 5.41) is 0.657. The van der Waals surface area contributed by atoms with Gasteiger partial charge in [0, 0.05) is 10.6 Å². The molecule has 4 heteroatoms. The van der Waals surface area contributed by atoms with Crippen LogP contribution in [0, 0.1) is 6.92 Å². The second-order valence-corrected chi connectivity index (χ2v) is 6.80. The first-order chi connectivity index (χ1) is 13.1. The van der Waals surface area contributed by atoms with Crippen LogP contribution < -0.4 is 4.90 Å². The molecule has 0 saturated heterocycles. The molecule has 1 aliphatic rings. The Morgan fingerprint density at radius 3 is 2.22 bits per heavy atom. The minimum atomic E-state index is -0.146. The van der Waals surface area contributed by atoms with Gasteiger partial charge in [-0.1, -0.05) is 71.8 Å². The molecule has 1 amide bonds. The average molecular weight is 373 g/mol. The third kappa shape index (κ3) is 3.55. The lowest BCUT2D eigenvalue weighted by Gasteiger charge is -2.18. The van der Waals surface area contributed by atoms with Crippen molar-refractivity contribution in [1.29, 1.82) is 0 Å². The van der Waals surface area contributed by atoms with Gasteiger partial charge >= 0.3 is 0 Å². The molecule has 0 radical (unpaired) electrons. The summed E-state index contributed by atoms with van der Waals surface area (Å²) in [5.74, 6) is 0.484. The minimum absolute atomic E-state index is 0.146. The molecule has 27 heavy (non-hydrogen) atoms. The maximum atomic E-state index is 13.2. The number of benzene rings is 3. The number of carbonyl (C=O) groups excluding carboxylic acids is 1. The normalized spacial score (nSPS) is 15.3. The van der Waals surface area contributed by atoms with Gasteiger partial charge in [0.05, 0.1) is 5.69 Å². The molecule has 1 heterocycles. The van der Waals surface area contributed by atoms with Gasteiger partial charge in [-0.15, -0.1) is 0 Å². The van der Waals surface area contributed by atoms with Crippen LogP contribution in [0.25, 0.3) is 6.08 Å². The molecular formula is C23H17ClN2O. The molecule has 4 rings (SSSR count). The predicted octanol–water partition coefficient (Wildman–Crippen LogP) is 5.48. The number of hydrogen-bond acceptors (Lipinski definition) is 2. The van der Waals surface area contributed by atoms with Gasteiger partial charge in [-0.05, 0) is 42.8 Å². The SMILES string of the molecule is Cc1ccc(N2C(=O)/C(=C\c3ccc(Cl)cc3)N=C2c2ccccc2)cc1. The fourth-order valence-corrected chi connectivity index (χ4v) is 3.07. The zero-order valence-corrected chi connectivity index (χ0v) is 15.5. The van der Waals surface area contributed by atoms with E-state index in [-0.39, 0.29) is 5.91 Å². The number of aryl methyl sites for hydroxylation is 1. The van der Waals surface area contributed by atoms with Crippen LogP contribution in [0.3, 0.4) is 0 Å². The third-order valence-electron chi connectivity index (χ3n) is 4.36. The van der Waals surface area contributed by atoms with Crippen molar-refractivity contribution in [2.75, 3.05) is 4.90 Å². The van der Waals surface area contributed by atoms with E-state index in [0.717, 1.165) is 22.4 Å². The Bertz CT molecular complexity index is 1040. The highest BCUT2D eigenvalue weighted by molar-refractivity contribution is 6.33. The summed E-state index contributed by atoms with van der Waals surface area (Å²) >= 11 is 5.95. The number of rotatable bonds is 3. The van der Waals surface area contributed by atoms with Crippen molar-refractivity contribution in [3.8, 4) is 0 Å². The van der Waals surface area contributed by atoms with E-state index in [0.29, 0.717) is 16.6 Å². The van der Waals surface area contributed by atoms with Crippen LogP contribution >= 0.6 is 11.6 Å². The van der Waals surface area contributed by atoms with Gasteiger partial charge < -0.3 is 0 Å². The van der Waals surface area contributed by atoms with Crippen molar-refractivity contribution in [2.45, 2.75) is 6.92 Å². The predicted molar refractivity (Wildman–Crippen MR) is 111 cm³/mol. The maximum absolute atomic E-state index is 13.2. The Labute approximate surface area is 163 Å². The molecule has 0 fully saturated rings. The van der Waals surface area contributed by atoms with Crippen LogP contribution in [-0.2, 0) is 4.79 Å². The van der Waals surface area contributed by atoms with Crippen molar-refractivity contribution < 1.29 is 4.79 Å². The largest absolute Gasteiger partial charge is 0.282 e. The fraction of sp³-hybridized carbons (Fsp3) is 0.0435. The molecule has 0 N–H and O–H groups in total. The van der Waals surface area contributed by atoms with Gasteiger partial charge in [-0.2, -0.15) is 0 Å². The summed E-state index contributed by atoms with van der Waals surface area (Å²) in [5.41, 5.74) is 4.11. The zero-order valence-electron chi connectivity index (χ0n) is 14.8. The minimum Gasteiger partial charge on any atom is -0.266 e. The Kier molecular flexibility index (Phi) is 4.61. The molecule has 0 aliphatic carbocycles. The second kappa shape index (κ2) is 7.22. The first-order valence-corrected chi connectivity index (χ1v) is 9.02. The summed E-state index contributed by atoms with van der Waals surface area (Å²) in [7, 11) is 0. The van der Waals surface area contributed by atoms with Crippen molar-refractivity contribution in [3.63, 3.8) is 0 Å². The number of aliphatic imine (C=N–C) groups is 1. The van der Waals surface area contributed by atoms with E-state index >= 15 is 0 Å². The number of halogens is 1. The van der Waals surface area contributed by atoms with Gasteiger partial charge in [0.1, 0.15) is 11.5 Å². The Morgan fingerprint density at radius 1 is 0.889 bits per heavy atom. The Balaban J connectivity index is 1.80. The smallest absolute Gasteiger partial charge is 0.266 e. The van der Waals surface area contributed by atoms with Crippen molar-refractivity contribution in [2.24, 2.45) is 4.99 Å². The van der Waals surface area contributed by atoms with E-state index < -0.39 is 0 Å². The van der Waals surface area contributed by atoms with E-state index in [1.165, 1.54) is 0 Å². The van der Waals surface area contributed by atoms with E-state index in [4.69, 9.17) is 11.6 Å². The molecule has 0 bridgehead atoms. The van der Waals surface area contributed by atoms with E-state index in [1.54, 1.807) is 23.1 Å². The first-order valence-electron chi connectivity index (χ1n) is 8.64. The highest BCUT2D eigenvalue weighted by atomic mass is 35.5. The van der Waals surface area contributed by atoms with Crippen LogP contribution in [0.1, 0.15) is 16.7 Å². The Hall–Kier alpha value is -3.17. The van der Waals surface area contributed by atoms with Crippen LogP contribution in [-0.4, -0.2) is 11.7 Å². The molecule has 0 saturated carbocycles. The highest BCUT2D eigenvalue weighted by Gasteiger charge is 2.32. The van der Waals surface area contributed by atoms with Crippen LogP contribution in [0.5, 0.6) is 0 Å². The fourth-order valence-electron chi connectivity index (χ4n) is 2.95. The number of amides is 1. The van der Waals surface area contributed by atoms with Gasteiger partial charge in [0.15, 0.2) is 0 Å². The van der Waals surface area contributed by atoms with Gasteiger partial charge in [-0.3, -0.25) is 9.69 Å². The zero-order chi connectivity index (χ0) is 18.8. The number of anilines is 1. The second-order valence-electron chi connectivity index (χ2n) is 6.36. The molecule has 3 aromatic rings. The molecular weight excluding hydrogens is 356 g/mol. The van der Waals surface area contributed by atoms with Crippen molar-refractivity contribution in [3.05, 3.63) is 106 Å². The van der Waals surface area contributed by atoms with Gasteiger partial charge in [-0.25, -0.2) is 4.99 Å². The number of nitrogens with zero attached hydrogens (tertiary/aromatic N) is 2. The monoisotopic (exact) mass is 372 g/mol. The average Bonchev–Trinajstić information content (AvgIpc) is 3.01. The molecule has 0 atom stereocenters. The number of carbonyl (C=O) groups is 1. The lowest BCUT2D eigenvalue weighted by atomic mass is 10.1. The van der Waals surface area contributed by atoms with E-state index in [9.17, 15) is 4.79 Å². The van der Waals surface area contributed by atoms with Gasteiger partial charge in [0.25, 0.3) is 5.91 Å². The highest BCUT2D eigenvalue weighted by Crippen LogP contribution is 2.28. The van der Waals surface area contributed by atoms with Crippen LogP contribution in [0.15, 0.2) is 89.6 Å². The third-order valence-corrected chi connectivity index (χ3v) is 4.61. The van der Waals surface area contributed by atoms with Gasteiger partial charge in [0.2, 0.25) is 0 Å². The van der Waals surface area contributed by atoms with Crippen molar-refractivity contribution in [1.82, 2.24) is 0 Å². The molecule has 0 aromatic heterocycles. The molecule has 0 unspecified atom stereocenters. The summed E-state index contributed by atoms with van der Waals surface area (Å²) < 4.78 is 0. The lowest BCUT2D eigenvalue weighted by molar-refractivity contribution is -0.113. The molecule has 132 valence electrons. The standard InChI is InChI=1S/C23H17ClN2O/c1-16-7-13-20(14-8-16)26-22(18-5-3-2-4-6-18)25-21(23(26)27)15-17-9-11-19(24)12-10-17/h2-15H,1H3/b21-15+. The first kappa shape index (κ1) is 17.3. The molecule has 0 spiro atoms. The summed E-state index contributed by atoms with van der Waals surface area (Å²) in [4.78, 5) is 19.5. The van der Waals surface area contributed by atoms with E-state index in [2.05, 4.69) is 4.99 Å². The Morgan fingerprint density at radius 2 is 1.56 bits per heavy atom. The van der Waals surface area contributed by atoms with Crippen molar-refractivity contribution >= 4 is 35.1 Å². The quantitative estimate of drug-likeness (QED) is 0.560. The van der Waals surface area contributed by atoms with Crippen LogP contribution in [0.4, 0.5) is 5.69 Å². The van der Waals surface area contributed by atoms with E-state index in [1.807, 2.05) is 73.7 Å².